The predicted molar refractivity (Wildman–Crippen MR) is 173 cm³/mol. The predicted octanol–water partition coefficient (Wildman–Crippen LogP) is 10.8. The van der Waals surface area contributed by atoms with E-state index in [0.717, 1.165) is 38.4 Å². The van der Waals surface area contributed by atoms with E-state index < -0.39 is 0 Å². The van der Waals surface area contributed by atoms with Crippen LogP contribution in [0.4, 0.5) is 0 Å². The van der Waals surface area contributed by atoms with E-state index in [1.54, 1.807) is 22.7 Å². The Bertz CT molecular complexity index is 1500. The van der Waals surface area contributed by atoms with Crippen molar-refractivity contribution in [2.45, 2.75) is 104 Å². The van der Waals surface area contributed by atoms with Crippen LogP contribution >= 0.6 is 22.7 Å². The van der Waals surface area contributed by atoms with E-state index in [0.29, 0.717) is 0 Å². The summed E-state index contributed by atoms with van der Waals surface area (Å²) in [7, 11) is 0. The molecule has 4 nitrogen and oxygen atoms in total. The van der Waals surface area contributed by atoms with Crippen LogP contribution in [0, 0.1) is 0 Å². The molecule has 0 saturated carbocycles. The average Bonchev–Trinajstić information content (AvgIpc) is 3.66. The van der Waals surface area contributed by atoms with Crippen LogP contribution in [0.15, 0.2) is 48.5 Å². The molecule has 0 spiro atoms. The molecule has 0 atom stereocenters. The lowest BCUT2D eigenvalue weighted by Gasteiger charge is -2.08. The van der Waals surface area contributed by atoms with Gasteiger partial charge < -0.3 is 0 Å². The summed E-state index contributed by atoms with van der Waals surface area (Å²) in [4.78, 5) is 0. The molecule has 210 valence electrons. The van der Waals surface area contributed by atoms with Crippen molar-refractivity contribution in [3.8, 4) is 21.1 Å². The third-order valence-corrected chi connectivity index (χ3v) is 9.83. The molecule has 0 bridgehead atoms. The first-order valence-corrected chi connectivity index (χ1v) is 17.0. The van der Waals surface area contributed by atoms with Crippen molar-refractivity contribution in [1.82, 2.24) is 20.4 Å². The van der Waals surface area contributed by atoms with Crippen molar-refractivity contribution in [2.75, 3.05) is 0 Å². The minimum atomic E-state index is 1.02. The molecular formula is C34H42N4S2. The van der Waals surface area contributed by atoms with Gasteiger partial charge in [0.25, 0.3) is 0 Å². The molecule has 0 fully saturated rings. The molecular weight excluding hydrogens is 529 g/mol. The number of rotatable bonds is 16. The van der Waals surface area contributed by atoms with Gasteiger partial charge in [-0.25, -0.2) is 0 Å². The second-order valence-electron chi connectivity index (χ2n) is 10.9. The van der Waals surface area contributed by atoms with Crippen molar-refractivity contribution in [3.05, 3.63) is 58.5 Å². The maximum absolute atomic E-state index is 4.60. The van der Waals surface area contributed by atoms with Gasteiger partial charge in [0.1, 0.15) is 20.0 Å². The van der Waals surface area contributed by atoms with Gasteiger partial charge in [-0.3, -0.25) is 0 Å². The number of benzene rings is 3. The van der Waals surface area contributed by atoms with Gasteiger partial charge in [-0.1, -0.05) is 143 Å². The van der Waals surface area contributed by atoms with Gasteiger partial charge in [0.2, 0.25) is 0 Å². The number of hydrogen-bond acceptors (Lipinski definition) is 6. The summed E-state index contributed by atoms with van der Waals surface area (Å²) >= 11 is 3.49. The Hall–Kier alpha value is -2.70. The molecule has 2 aromatic heterocycles. The first-order chi connectivity index (χ1) is 19.8. The number of aromatic nitrogens is 4. The van der Waals surface area contributed by atoms with Crippen LogP contribution in [-0.2, 0) is 12.8 Å². The Morgan fingerprint density at radius 3 is 1.82 bits per heavy atom. The number of aryl methyl sites for hydroxylation is 2. The number of fused-ring (bicyclic) bond motifs is 3. The zero-order chi connectivity index (χ0) is 27.6. The summed E-state index contributed by atoms with van der Waals surface area (Å²) in [5.41, 5.74) is 2.33. The van der Waals surface area contributed by atoms with Gasteiger partial charge in [0, 0.05) is 24.0 Å². The van der Waals surface area contributed by atoms with Crippen LogP contribution in [0.1, 0.15) is 101 Å². The molecule has 2 heterocycles. The van der Waals surface area contributed by atoms with Gasteiger partial charge in [-0.2, -0.15) is 0 Å². The minimum absolute atomic E-state index is 1.02. The Morgan fingerprint density at radius 2 is 1.12 bits per heavy atom. The molecule has 0 amide bonds. The quantitative estimate of drug-likeness (QED) is 0.0874. The lowest BCUT2D eigenvalue weighted by atomic mass is 9.97. The Kier molecular flexibility index (Phi) is 10.7. The van der Waals surface area contributed by atoms with Crippen LogP contribution in [0.25, 0.3) is 42.7 Å². The highest BCUT2D eigenvalue weighted by Crippen LogP contribution is 2.36. The fourth-order valence-electron chi connectivity index (χ4n) is 5.47. The van der Waals surface area contributed by atoms with Crippen molar-refractivity contribution < 1.29 is 0 Å². The summed E-state index contributed by atoms with van der Waals surface area (Å²) < 4.78 is 0. The molecule has 0 aliphatic rings. The summed E-state index contributed by atoms with van der Waals surface area (Å²) in [5, 5.41) is 27.5. The standard InChI is InChI=1S/C34H42N4S2/c1-3-5-7-9-11-13-18-31-35-37-33(39-31)26-21-22-27-25(24-26)20-23-29-28(27)16-15-17-30(29)34-38-36-32(40-34)19-14-12-10-8-6-4-2/h15-17,20-24H,3-14,18-19H2,1-2H3. The monoisotopic (exact) mass is 570 g/mol. The van der Waals surface area contributed by atoms with Crippen molar-refractivity contribution in [2.24, 2.45) is 0 Å². The zero-order valence-electron chi connectivity index (χ0n) is 24.1. The van der Waals surface area contributed by atoms with E-state index in [1.165, 1.54) is 104 Å². The van der Waals surface area contributed by atoms with Crippen molar-refractivity contribution in [1.29, 1.82) is 0 Å². The summed E-state index contributed by atoms with van der Waals surface area (Å²) in [6.07, 6.45) is 17.7. The molecule has 0 saturated heterocycles. The lowest BCUT2D eigenvalue weighted by Crippen LogP contribution is -1.85. The highest BCUT2D eigenvalue weighted by Gasteiger charge is 2.13. The normalized spacial score (nSPS) is 11.7. The van der Waals surface area contributed by atoms with E-state index >= 15 is 0 Å². The molecule has 0 radical (unpaired) electrons. The highest BCUT2D eigenvalue weighted by molar-refractivity contribution is 7.15. The van der Waals surface area contributed by atoms with Crippen LogP contribution in [0.3, 0.4) is 0 Å². The van der Waals surface area contributed by atoms with E-state index in [1.807, 2.05) is 0 Å². The fraction of sp³-hybridized carbons (Fsp3) is 0.471. The number of hydrogen-bond donors (Lipinski definition) is 0. The molecule has 6 heteroatoms. The van der Waals surface area contributed by atoms with Gasteiger partial charge in [0.15, 0.2) is 0 Å². The molecule has 3 aromatic carbocycles. The van der Waals surface area contributed by atoms with Gasteiger partial charge in [0.05, 0.1) is 0 Å². The van der Waals surface area contributed by atoms with E-state index in [-0.39, 0.29) is 0 Å². The Morgan fingerprint density at radius 1 is 0.525 bits per heavy atom. The second-order valence-corrected chi connectivity index (χ2v) is 13.1. The molecule has 40 heavy (non-hydrogen) atoms. The molecule has 5 rings (SSSR count). The van der Waals surface area contributed by atoms with Gasteiger partial charge in [-0.05, 0) is 40.5 Å². The largest absolute Gasteiger partial charge is 0.148 e. The van der Waals surface area contributed by atoms with Crippen LogP contribution < -0.4 is 0 Å². The summed E-state index contributed by atoms with van der Waals surface area (Å²) in [6.45, 7) is 4.53. The molecule has 0 unspecified atom stereocenters. The van der Waals surface area contributed by atoms with Crippen LogP contribution in [0.5, 0.6) is 0 Å². The molecule has 5 aromatic rings. The van der Waals surface area contributed by atoms with Gasteiger partial charge in [-0.15, -0.1) is 20.4 Å². The topological polar surface area (TPSA) is 51.6 Å². The Labute approximate surface area is 247 Å². The van der Waals surface area contributed by atoms with Crippen LogP contribution in [0.2, 0.25) is 0 Å². The third kappa shape index (κ3) is 7.32. The SMILES string of the molecule is CCCCCCCCc1nnc(-c2ccc3c(ccc4c(-c5nnc(CCCCCCCC)s5)cccc43)c2)s1. The van der Waals surface area contributed by atoms with Crippen molar-refractivity contribution in [3.63, 3.8) is 0 Å². The second kappa shape index (κ2) is 14.8. The van der Waals surface area contributed by atoms with Crippen molar-refractivity contribution >= 4 is 44.2 Å². The van der Waals surface area contributed by atoms with E-state index in [2.05, 4.69) is 82.8 Å². The van der Waals surface area contributed by atoms with Crippen LogP contribution in [-0.4, -0.2) is 20.4 Å². The number of unbranched alkanes of at least 4 members (excludes halogenated alkanes) is 10. The molecule has 0 N–H and O–H groups in total. The summed E-state index contributed by atoms with van der Waals surface area (Å²) in [5.74, 6) is 0. The smallest absolute Gasteiger partial charge is 0.143 e. The summed E-state index contributed by atoms with van der Waals surface area (Å²) in [6, 6.07) is 17.8. The lowest BCUT2D eigenvalue weighted by molar-refractivity contribution is 0.606. The average molecular weight is 571 g/mol. The van der Waals surface area contributed by atoms with E-state index in [9.17, 15) is 0 Å². The highest BCUT2D eigenvalue weighted by atomic mass is 32.1. The molecule has 0 aliphatic carbocycles. The number of nitrogens with zero attached hydrogens (tertiary/aromatic N) is 4. The molecule has 0 aliphatic heterocycles. The van der Waals surface area contributed by atoms with Gasteiger partial charge >= 0.3 is 0 Å². The first kappa shape index (κ1) is 28.8. The zero-order valence-corrected chi connectivity index (χ0v) is 25.8. The minimum Gasteiger partial charge on any atom is -0.143 e. The third-order valence-electron chi connectivity index (χ3n) is 7.78. The maximum Gasteiger partial charge on any atom is 0.148 e. The van der Waals surface area contributed by atoms with E-state index in [4.69, 9.17) is 0 Å². The maximum atomic E-state index is 4.60. The Balaban J connectivity index is 1.28. The first-order valence-electron chi connectivity index (χ1n) is 15.4. The fourth-order valence-corrected chi connectivity index (χ4v) is 7.26.